The molecule has 1 heterocycles. The van der Waals surface area contributed by atoms with Gasteiger partial charge in [-0.25, -0.2) is 4.79 Å². The summed E-state index contributed by atoms with van der Waals surface area (Å²) in [6, 6.07) is 10.5. The van der Waals surface area contributed by atoms with Gasteiger partial charge in [0.05, 0.1) is 11.1 Å². The molecule has 1 aliphatic rings. The SMILES string of the molecule is CO[C@H]1OC(=O)C(c2ccc(O)cc2)=C1C(=O)c1ccc(O)c(CC=C(C)C)c1. The van der Waals surface area contributed by atoms with Crippen LogP contribution in [0.25, 0.3) is 5.57 Å². The molecule has 1 aliphatic heterocycles. The van der Waals surface area contributed by atoms with E-state index >= 15 is 0 Å². The second-order valence-corrected chi connectivity index (χ2v) is 6.97. The molecule has 2 aromatic rings. The molecule has 0 saturated carbocycles. The quantitative estimate of drug-likeness (QED) is 0.440. The molecule has 0 bridgehead atoms. The van der Waals surface area contributed by atoms with E-state index in [0.717, 1.165) is 5.57 Å². The Labute approximate surface area is 168 Å². The van der Waals surface area contributed by atoms with E-state index in [4.69, 9.17) is 9.47 Å². The van der Waals surface area contributed by atoms with Crippen molar-refractivity contribution in [3.63, 3.8) is 0 Å². The first kappa shape index (κ1) is 20.4. The first-order chi connectivity index (χ1) is 13.8. The topological polar surface area (TPSA) is 93.1 Å². The Balaban J connectivity index is 2.09. The van der Waals surface area contributed by atoms with E-state index in [2.05, 4.69) is 0 Å². The number of rotatable bonds is 6. The second kappa shape index (κ2) is 8.32. The molecule has 1 atom stereocenters. The van der Waals surface area contributed by atoms with Crippen molar-refractivity contribution < 1.29 is 29.3 Å². The lowest BCUT2D eigenvalue weighted by molar-refractivity contribution is -0.154. The number of carbonyl (C=O) groups excluding carboxylic acids is 2. The van der Waals surface area contributed by atoms with Crippen molar-refractivity contribution >= 4 is 17.3 Å². The number of Topliss-reactive ketones (excluding diaryl/α,β-unsaturated/α-hetero) is 1. The summed E-state index contributed by atoms with van der Waals surface area (Å²) >= 11 is 0. The van der Waals surface area contributed by atoms with Gasteiger partial charge in [-0.05, 0) is 61.7 Å². The Morgan fingerprint density at radius 1 is 1.14 bits per heavy atom. The molecule has 0 aromatic heterocycles. The number of ketones is 1. The van der Waals surface area contributed by atoms with Gasteiger partial charge in [-0.3, -0.25) is 4.79 Å². The average molecular weight is 394 g/mol. The predicted molar refractivity (Wildman–Crippen MR) is 107 cm³/mol. The van der Waals surface area contributed by atoms with Crippen molar-refractivity contribution in [3.05, 3.63) is 76.4 Å². The van der Waals surface area contributed by atoms with Gasteiger partial charge in [0.2, 0.25) is 6.29 Å². The highest BCUT2D eigenvalue weighted by Crippen LogP contribution is 2.34. The maximum Gasteiger partial charge on any atom is 0.341 e. The van der Waals surface area contributed by atoms with E-state index < -0.39 is 18.0 Å². The lowest BCUT2D eigenvalue weighted by Crippen LogP contribution is -2.19. The zero-order chi connectivity index (χ0) is 21.1. The Hall–Kier alpha value is -3.38. The second-order valence-electron chi connectivity index (χ2n) is 6.97. The molecule has 2 N–H and O–H groups in total. The Morgan fingerprint density at radius 2 is 1.83 bits per heavy atom. The van der Waals surface area contributed by atoms with Gasteiger partial charge >= 0.3 is 5.97 Å². The lowest BCUT2D eigenvalue weighted by atomic mass is 9.93. The number of phenols is 2. The van der Waals surface area contributed by atoms with Crippen molar-refractivity contribution in [3.8, 4) is 11.5 Å². The van der Waals surface area contributed by atoms with Gasteiger partial charge in [-0.15, -0.1) is 0 Å². The van der Waals surface area contributed by atoms with Crippen LogP contribution in [0.3, 0.4) is 0 Å². The first-order valence-corrected chi connectivity index (χ1v) is 9.09. The lowest BCUT2D eigenvalue weighted by Gasteiger charge is -2.12. The fourth-order valence-corrected chi connectivity index (χ4v) is 3.09. The number of allylic oxidation sites excluding steroid dienone is 2. The normalized spacial score (nSPS) is 16.0. The van der Waals surface area contributed by atoms with Gasteiger partial charge in [0.1, 0.15) is 11.5 Å². The van der Waals surface area contributed by atoms with Gasteiger partial charge in [0.15, 0.2) is 5.78 Å². The van der Waals surface area contributed by atoms with Gasteiger partial charge in [-0.2, -0.15) is 0 Å². The number of carbonyl (C=O) groups is 2. The summed E-state index contributed by atoms with van der Waals surface area (Å²) in [6.45, 7) is 3.90. The third kappa shape index (κ3) is 4.22. The summed E-state index contributed by atoms with van der Waals surface area (Å²) in [5.74, 6) is -0.966. The number of phenolic OH excluding ortho intramolecular Hbond substituents is 2. The van der Waals surface area contributed by atoms with E-state index in [0.29, 0.717) is 23.1 Å². The summed E-state index contributed by atoms with van der Waals surface area (Å²) in [7, 11) is 1.35. The van der Waals surface area contributed by atoms with Crippen LogP contribution in [0.15, 0.2) is 59.7 Å². The number of ether oxygens (including phenoxy) is 2. The summed E-state index contributed by atoms with van der Waals surface area (Å²) < 4.78 is 10.4. The summed E-state index contributed by atoms with van der Waals surface area (Å²) in [5, 5.41) is 19.6. The fourth-order valence-electron chi connectivity index (χ4n) is 3.09. The molecule has 6 heteroatoms. The molecule has 3 rings (SSSR count). The van der Waals surface area contributed by atoms with Gasteiger partial charge in [0, 0.05) is 12.7 Å². The van der Waals surface area contributed by atoms with Crippen LogP contribution in [0.2, 0.25) is 0 Å². The van der Waals surface area contributed by atoms with Crippen molar-refractivity contribution in [1.82, 2.24) is 0 Å². The molecule has 0 fully saturated rings. The van der Waals surface area contributed by atoms with Crippen molar-refractivity contribution in [2.45, 2.75) is 26.6 Å². The number of aromatic hydroxyl groups is 2. The van der Waals surface area contributed by atoms with Crippen LogP contribution in [0, 0.1) is 0 Å². The molecule has 2 aromatic carbocycles. The van der Waals surface area contributed by atoms with E-state index in [1.165, 1.54) is 43.5 Å². The molecule has 0 spiro atoms. The third-order valence-corrected chi connectivity index (χ3v) is 4.61. The van der Waals surface area contributed by atoms with Crippen LogP contribution < -0.4 is 0 Å². The van der Waals surface area contributed by atoms with Crippen LogP contribution in [0.4, 0.5) is 0 Å². The molecule has 0 saturated heterocycles. The Morgan fingerprint density at radius 3 is 2.45 bits per heavy atom. The van der Waals surface area contributed by atoms with Crippen LogP contribution in [0.5, 0.6) is 11.5 Å². The van der Waals surface area contributed by atoms with Gasteiger partial charge in [-0.1, -0.05) is 23.8 Å². The summed E-state index contributed by atoms with van der Waals surface area (Å²) in [5.41, 5.74) is 2.63. The van der Waals surface area contributed by atoms with Gasteiger partial charge in [0.25, 0.3) is 0 Å². The van der Waals surface area contributed by atoms with Crippen molar-refractivity contribution in [2.24, 2.45) is 0 Å². The van der Waals surface area contributed by atoms with E-state index in [1.807, 2.05) is 19.9 Å². The van der Waals surface area contributed by atoms with Gasteiger partial charge < -0.3 is 19.7 Å². The fraction of sp³-hybridized carbons (Fsp3) is 0.217. The molecule has 150 valence electrons. The van der Waals surface area contributed by atoms with Crippen molar-refractivity contribution in [2.75, 3.05) is 7.11 Å². The summed E-state index contributed by atoms with van der Waals surface area (Å²) in [4.78, 5) is 25.7. The van der Waals surface area contributed by atoms with Crippen LogP contribution in [-0.2, 0) is 20.7 Å². The molecular formula is C23H22O6. The zero-order valence-corrected chi connectivity index (χ0v) is 16.4. The highest BCUT2D eigenvalue weighted by atomic mass is 16.7. The van der Waals surface area contributed by atoms with Crippen LogP contribution in [0.1, 0.15) is 35.3 Å². The minimum absolute atomic E-state index is 0.0410. The highest BCUT2D eigenvalue weighted by Gasteiger charge is 2.39. The van der Waals surface area contributed by atoms with Crippen LogP contribution >= 0.6 is 0 Å². The smallest absolute Gasteiger partial charge is 0.341 e. The Kier molecular flexibility index (Phi) is 5.84. The maximum atomic E-state index is 13.3. The number of esters is 1. The molecule has 29 heavy (non-hydrogen) atoms. The number of hydrogen-bond donors (Lipinski definition) is 2. The standard InChI is InChI=1S/C23H22O6/c1-13(2)4-5-15-12-16(8-11-18(15)25)21(26)20-19(22(27)29-23(20)28-3)14-6-9-17(24)10-7-14/h4,6-12,23-25H,5H2,1-3H3/t23-/m0/s1. The first-order valence-electron chi connectivity index (χ1n) is 9.09. The molecule has 0 radical (unpaired) electrons. The minimum atomic E-state index is -1.13. The Bertz CT molecular complexity index is 1010. The highest BCUT2D eigenvalue weighted by molar-refractivity contribution is 6.29. The molecule has 0 amide bonds. The van der Waals surface area contributed by atoms with E-state index in [1.54, 1.807) is 6.07 Å². The molecule has 0 aliphatic carbocycles. The number of methoxy groups -OCH3 is 1. The number of benzene rings is 2. The average Bonchev–Trinajstić information content (AvgIpc) is 3.03. The third-order valence-electron chi connectivity index (χ3n) is 4.61. The number of cyclic esters (lactones) is 1. The molecule has 0 unspecified atom stereocenters. The van der Waals surface area contributed by atoms with E-state index in [-0.39, 0.29) is 22.6 Å². The van der Waals surface area contributed by atoms with E-state index in [9.17, 15) is 19.8 Å². The van der Waals surface area contributed by atoms with Crippen LogP contribution in [-0.4, -0.2) is 35.4 Å². The monoisotopic (exact) mass is 394 g/mol. The minimum Gasteiger partial charge on any atom is -0.508 e. The number of hydrogen-bond acceptors (Lipinski definition) is 6. The molecular weight excluding hydrogens is 372 g/mol. The van der Waals surface area contributed by atoms with Crippen molar-refractivity contribution in [1.29, 1.82) is 0 Å². The maximum absolute atomic E-state index is 13.3. The predicted octanol–water partition coefficient (Wildman–Crippen LogP) is 3.77. The molecule has 6 nitrogen and oxygen atoms in total. The largest absolute Gasteiger partial charge is 0.508 e. The summed E-state index contributed by atoms with van der Waals surface area (Å²) in [6.07, 6.45) is 1.29. The zero-order valence-electron chi connectivity index (χ0n) is 16.4.